The summed E-state index contributed by atoms with van der Waals surface area (Å²) in [4.78, 5) is 12.7. The second-order valence-corrected chi connectivity index (χ2v) is 7.64. The number of aryl methyl sites for hydroxylation is 1. The van der Waals surface area contributed by atoms with Gasteiger partial charge in [-0.2, -0.15) is 5.10 Å². The molecule has 2 rings (SSSR count). The molecule has 0 aliphatic rings. The first kappa shape index (κ1) is 21.0. The van der Waals surface area contributed by atoms with E-state index in [-0.39, 0.29) is 18.4 Å². The molecule has 6 heteroatoms. The number of amides is 1. The highest BCUT2D eigenvalue weighted by Gasteiger charge is 2.16. The normalized spacial score (nSPS) is 13.4. The minimum absolute atomic E-state index is 0.0155. The van der Waals surface area contributed by atoms with Gasteiger partial charge in [-0.1, -0.05) is 19.9 Å². The van der Waals surface area contributed by atoms with E-state index in [1.165, 1.54) is 0 Å². The van der Waals surface area contributed by atoms with Crippen LogP contribution in [0.5, 0.6) is 0 Å². The van der Waals surface area contributed by atoms with E-state index in [0.29, 0.717) is 30.5 Å². The fraction of sp³-hybridized carbons (Fsp3) is 0.524. The fourth-order valence-electron chi connectivity index (χ4n) is 2.89. The number of carbonyl (C=O) groups is 1. The number of rotatable bonds is 9. The van der Waals surface area contributed by atoms with E-state index in [0.717, 1.165) is 16.8 Å². The topological polar surface area (TPSA) is 79.2 Å². The van der Waals surface area contributed by atoms with Gasteiger partial charge in [-0.05, 0) is 49.4 Å². The summed E-state index contributed by atoms with van der Waals surface area (Å²) in [5, 5.41) is 20.2. The van der Waals surface area contributed by atoms with Gasteiger partial charge in [-0.3, -0.25) is 9.48 Å². The van der Waals surface area contributed by atoms with Crippen molar-refractivity contribution >= 4 is 11.6 Å². The first-order valence-electron chi connectivity index (χ1n) is 9.54. The molecule has 27 heavy (non-hydrogen) atoms. The minimum atomic E-state index is -0.113. The molecule has 0 aliphatic carbocycles. The van der Waals surface area contributed by atoms with Gasteiger partial charge in [0.25, 0.3) is 5.91 Å². The van der Waals surface area contributed by atoms with Crippen LogP contribution < -0.4 is 10.6 Å². The Hall–Kier alpha value is -2.34. The van der Waals surface area contributed by atoms with Crippen molar-refractivity contribution in [3.05, 3.63) is 47.3 Å². The van der Waals surface area contributed by atoms with Gasteiger partial charge >= 0.3 is 0 Å². The highest BCUT2D eigenvalue weighted by atomic mass is 16.3. The summed E-state index contributed by atoms with van der Waals surface area (Å²) in [7, 11) is 1.86. The fourth-order valence-corrected chi connectivity index (χ4v) is 2.89. The molecule has 1 aromatic carbocycles. The first-order valence-corrected chi connectivity index (χ1v) is 9.54. The number of nitrogens with one attached hydrogen (secondary N) is 2. The van der Waals surface area contributed by atoms with Crippen LogP contribution in [-0.4, -0.2) is 40.0 Å². The second-order valence-electron chi connectivity index (χ2n) is 7.64. The molecule has 1 heterocycles. The Morgan fingerprint density at radius 3 is 2.63 bits per heavy atom. The molecule has 2 unspecified atom stereocenters. The maximum absolute atomic E-state index is 12.7. The van der Waals surface area contributed by atoms with Crippen LogP contribution in [-0.2, 0) is 13.5 Å². The van der Waals surface area contributed by atoms with Gasteiger partial charge in [0.1, 0.15) is 0 Å². The van der Waals surface area contributed by atoms with Crippen LogP contribution in [0.1, 0.15) is 42.3 Å². The lowest BCUT2D eigenvalue weighted by molar-refractivity contribution is 0.0939. The quantitative estimate of drug-likeness (QED) is 0.632. The van der Waals surface area contributed by atoms with E-state index in [2.05, 4.69) is 36.5 Å². The van der Waals surface area contributed by atoms with Crippen LogP contribution in [0.3, 0.4) is 0 Å². The standard InChI is InChI=1S/C21H32N4O2/c1-14(2)16(4)24-20-8-6-7-19(15(20)3)21(27)22-10-18(13-26)9-17-11-23-25(5)12-17/h6-8,11-12,14,16,18,24,26H,9-10,13H2,1-5H3,(H,22,27). The molecule has 2 atom stereocenters. The van der Waals surface area contributed by atoms with Crippen molar-refractivity contribution in [1.29, 1.82) is 0 Å². The average molecular weight is 373 g/mol. The van der Waals surface area contributed by atoms with Gasteiger partial charge in [0, 0.05) is 49.6 Å². The van der Waals surface area contributed by atoms with Crippen molar-refractivity contribution < 1.29 is 9.90 Å². The molecule has 3 N–H and O–H groups in total. The maximum Gasteiger partial charge on any atom is 0.251 e. The molecule has 148 valence electrons. The van der Waals surface area contributed by atoms with E-state index in [1.54, 1.807) is 10.9 Å². The molecule has 2 aromatic rings. The van der Waals surface area contributed by atoms with Crippen molar-refractivity contribution in [2.24, 2.45) is 18.9 Å². The second kappa shape index (κ2) is 9.55. The van der Waals surface area contributed by atoms with Crippen molar-refractivity contribution in [3.63, 3.8) is 0 Å². The summed E-state index contributed by atoms with van der Waals surface area (Å²) in [6.45, 7) is 8.87. The van der Waals surface area contributed by atoms with Gasteiger partial charge in [0.15, 0.2) is 0 Å². The van der Waals surface area contributed by atoms with Crippen LogP contribution in [0.2, 0.25) is 0 Å². The number of anilines is 1. The van der Waals surface area contributed by atoms with Crippen LogP contribution in [0.4, 0.5) is 5.69 Å². The van der Waals surface area contributed by atoms with Crippen molar-refractivity contribution in [2.75, 3.05) is 18.5 Å². The number of nitrogens with zero attached hydrogens (tertiary/aromatic N) is 2. The number of benzene rings is 1. The number of aliphatic hydroxyl groups is 1. The lowest BCUT2D eigenvalue weighted by Gasteiger charge is -2.21. The Kier molecular flexibility index (Phi) is 7.42. The van der Waals surface area contributed by atoms with Gasteiger partial charge in [-0.15, -0.1) is 0 Å². The summed E-state index contributed by atoms with van der Waals surface area (Å²) in [6.07, 6.45) is 4.40. The summed E-state index contributed by atoms with van der Waals surface area (Å²) in [6, 6.07) is 6.06. The number of hydrogen-bond donors (Lipinski definition) is 3. The van der Waals surface area contributed by atoms with E-state index in [4.69, 9.17) is 0 Å². The average Bonchev–Trinajstić information content (AvgIpc) is 3.04. The zero-order valence-electron chi connectivity index (χ0n) is 17.0. The minimum Gasteiger partial charge on any atom is -0.396 e. The number of carbonyl (C=O) groups excluding carboxylic acids is 1. The van der Waals surface area contributed by atoms with Gasteiger partial charge < -0.3 is 15.7 Å². The molecule has 0 fully saturated rings. The molecule has 1 aromatic heterocycles. The SMILES string of the molecule is Cc1c(NC(C)C(C)C)cccc1C(=O)NCC(CO)Cc1cnn(C)c1. The highest BCUT2D eigenvalue weighted by Crippen LogP contribution is 2.21. The summed E-state index contributed by atoms with van der Waals surface area (Å²) in [5.74, 6) is 0.346. The number of aliphatic hydroxyl groups excluding tert-OH is 1. The van der Waals surface area contributed by atoms with Crippen LogP contribution in [0, 0.1) is 18.8 Å². The largest absolute Gasteiger partial charge is 0.396 e. The molecular formula is C21H32N4O2. The number of hydrogen-bond acceptors (Lipinski definition) is 4. The molecule has 0 saturated carbocycles. The van der Waals surface area contributed by atoms with Crippen LogP contribution in [0.15, 0.2) is 30.6 Å². The summed E-state index contributed by atoms with van der Waals surface area (Å²) < 4.78 is 1.74. The molecule has 0 aliphatic heterocycles. The Morgan fingerprint density at radius 1 is 1.30 bits per heavy atom. The molecule has 0 bridgehead atoms. The third-order valence-electron chi connectivity index (χ3n) is 5.05. The monoisotopic (exact) mass is 372 g/mol. The predicted octanol–water partition coefficient (Wildman–Crippen LogP) is 2.77. The van der Waals surface area contributed by atoms with E-state index in [1.807, 2.05) is 38.4 Å². The van der Waals surface area contributed by atoms with Crippen molar-refractivity contribution in [3.8, 4) is 0 Å². The molecule has 0 radical (unpaired) electrons. The molecule has 0 saturated heterocycles. The van der Waals surface area contributed by atoms with Crippen molar-refractivity contribution in [2.45, 2.75) is 40.2 Å². The van der Waals surface area contributed by atoms with E-state index >= 15 is 0 Å². The Morgan fingerprint density at radius 2 is 2.04 bits per heavy atom. The summed E-state index contributed by atoms with van der Waals surface area (Å²) in [5.41, 5.74) is 3.64. The first-order chi connectivity index (χ1) is 12.8. The zero-order valence-corrected chi connectivity index (χ0v) is 17.0. The molecule has 1 amide bonds. The maximum atomic E-state index is 12.7. The van der Waals surface area contributed by atoms with Crippen molar-refractivity contribution in [1.82, 2.24) is 15.1 Å². The Balaban J connectivity index is 2.00. The third kappa shape index (κ3) is 5.82. The molecule has 6 nitrogen and oxygen atoms in total. The van der Waals surface area contributed by atoms with E-state index < -0.39 is 0 Å². The lowest BCUT2D eigenvalue weighted by atomic mass is 10.0. The Labute approximate surface area is 162 Å². The third-order valence-corrected chi connectivity index (χ3v) is 5.05. The highest BCUT2D eigenvalue weighted by molar-refractivity contribution is 5.97. The zero-order chi connectivity index (χ0) is 20.0. The van der Waals surface area contributed by atoms with Crippen LogP contribution >= 0.6 is 0 Å². The number of aromatic nitrogens is 2. The smallest absolute Gasteiger partial charge is 0.251 e. The van der Waals surface area contributed by atoms with Crippen LogP contribution in [0.25, 0.3) is 0 Å². The van der Waals surface area contributed by atoms with Gasteiger partial charge in [0.05, 0.1) is 6.20 Å². The molecular weight excluding hydrogens is 340 g/mol. The Bertz CT molecular complexity index is 754. The predicted molar refractivity (Wildman–Crippen MR) is 109 cm³/mol. The van der Waals surface area contributed by atoms with Gasteiger partial charge in [0.2, 0.25) is 0 Å². The van der Waals surface area contributed by atoms with Gasteiger partial charge in [-0.25, -0.2) is 0 Å². The molecule has 0 spiro atoms. The lowest BCUT2D eigenvalue weighted by Crippen LogP contribution is -2.32. The van der Waals surface area contributed by atoms with E-state index in [9.17, 15) is 9.90 Å². The summed E-state index contributed by atoms with van der Waals surface area (Å²) >= 11 is 0.